The first-order valence-electron chi connectivity index (χ1n) is 8.34. The molecular formula is C20H23ClN2O3. The van der Waals surface area contributed by atoms with Crippen molar-refractivity contribution in [2.45, 2.75) is 26.7 Å². The van der Waals surface area contributed by atoms with Crippen LogP contribution >= 0.6 is 11.6 Å². The van der Waals surface area contributed by atoms with Crippen LogP contribution in [0.1, 0.15) is 41.3 Å². The predicted octanol–water partition coefficient (Wildman–Crippen LogP) is 4.61. The lowest BCUT2D eigenvalue weighted by atomic mass is 9.98. The number of amides is 1. The molecule has 2 rings (SSSR count). The molecule has 0 saturated heterocycles. The monoisotopic (exact) mass is 374 g/mol. The summed E-state index contributed by atoms with van der Waals surface area (Å²) in [4.78, 5) is 24.0. The Balaban J connectivity index is 2.10. The Kier molecular flexibility index (Phi) is 6.64. The number of hydrogen-bond acceptors (Lipinski definition) is 4. The summed E-state index contributed by atoms with van der Waals surface area (Å²) in [6.45, 7) is 6.16. The van der Waals surface area contributed by atoms with Gasteiger partial charge in [-0.1, -0.05) is 43.6 Å². The van der Waals surface area contributed by atoms with E-state index in [1.54, 1.807) is 18.2 Å². The maximum absolute atomic E-state index is 12.4. The van der Waals surface area contributed by atoms with Crippen LogP contribution in [0.3, 0.4) is 0 Å². The van der Waals surface area contributed by atoms with Crippen molar-refractivity contribution >= 4 is 34.9 Å². The zero-order valence-corrected chi connectivity index (χ0v) is 16.1. The fourth-order valence-electron chi connectivity index (χ4n) is 2.61. The van der Waals surface area contributed by atoms with Gasteiger partial charge in [-0.3, -0.25) is 4.79 Å². The molecule has 0 heterocycles. The number of halogens is 1. The highest BCUT2D eigenvalue weighted by Gasteiger charge is 2.13. The Morgan fingerprint density at radius 1 is 1.19 bits per heavy atom. The molecule has 0 aliphatic rings. The van der Waals surface area contributed by atoms with E-state index in [0.29, 0.717) is 22.2 Å². The number of esters is 1. The molecule has 138 valence electrons. The Bertz CT molecular complexity index is 819. The van der Waals surface area contributed by atoms with E-state index in [4.69, 9.17) is 16.3 Å². The van der Waals surface area contributed by atoms with E-state index in [9.17, 15) is 9.59 Å². The number of aryl methyl sites for hydroxylation is 1. The molecule has 6 heteroatoms. The van der Waals surface area contributed by atoms with Crippen molar-refractivity contribution in [2.75, 3.05) is 24.3 Å². The number of carbonyl (C=O) groups excluding carboxylic acids is 2. The lowest BCUT2D eigenvalue weighted by molar-refractivity contribution is -0.114. The number of carbonyl (C=O) groups is 2. The van der Waals surface area contributed by atoms with Gasteiger partial charge in [0.1, 0.15) is 0 Å². The molecular weight excluding hydrogens is 352 g/mol. The molecule has 2 N–H and O–H groups in total. The largest absolute Gasteiger partial charge is 0.465 e. The minimum absolute atomic E-state index is 0.0240. The Morgan fingerprint density at radius 3 is 2.58 bits per heavy atom. The van der Waals surface area contributed by atoms with Crippen molar-refractivity contribution in [1.29, 1.82) is 0 Å². The van der Waals surface area contributed by atoms with Crippen LogP contribution in [0.2, 0.25) is 5.02 Å². The third-order valence-electron chi connectivity index (χ3n) is 4.02. The fraction of sp³-hybridized carbons (Fsp3) is 0.300. The van der Waals surface area contributed by atoms with Gasteiger partial charge >= 0.3 is 5.97 Å². The van der Waals surface area contributed by atoms with Gasteiger partial charge in [-0.05, 0) is 42.2 Å². The Hall–Kier alpha value is -2.53. The van der Waals surface area contributed by atoms with Crippen LogP contribution in [-0.2, 0) is 9.53 Å². The molecule has 0 fully saturated rings. The zero-order valence-electron chi connectivity index (χ0n) is 15.4. The van der Waals surface area contributed by atoms with E-state index in [0.717, 1.165) is 16.8 Å². The second kappa shape index (κ2) is 8.72. The topological polar surface area (TPSA) is 67.4 Å². The minimum Gasteiger partial charge on any atom is -0.465 e. The highest BCUT2D eigenvalue weighted by Crippen LogP contribution is 2.27. The van der Waals surface area contributed by atoms with Crippen molar-refractivity contribution in [1.82, 2.24) is 0 Å². The SMILES string of the molecule is COC(=O)c1ccc(Cl)c(NCC(=O)Nc2c(C)cccc2C(C)C)c1. The molecule has 0 saturated carbocycles. The first-order chi connectivity index (χ1) is 12.3. The van der Waals surface area contributed by atoms with Crippen LogP contribution in [0.4, 0.5) is 11.4 Å². The number of methoxy groups -OCH3 is 1. The van der Waals surface area contributed by atoms with Crippen LogP contribution in [0, 0.1) is 6.92 Å². The van der Waals surface area contributed by atoms with Crippen LogP contribution in [-0.4, -0.2) is 25.5 Å². The van der Waals surface area contributed by atoms with E-state index >= 15 is 0 Å². The molecule has 26 heavy (non-hydrogen) atoms. The predicted molar refractivity (Wildman–Crippen MR) is 105 cm³/mol. The molecule has 0 spiro atoms. The van der Waals surface area contributed by atoms with Crippen molar-refractivity contribution < 1.29 is 14.3 Å². The molecule has 0 atom stereocenters. The van der Waals surface area contributed by atoms with Gasteiger partial charge in [0.05, 0.1) is 29.9 Å². The smallest absolute Gasteiger partial charge is 0.337 e. The molecule has 0 aliphatic heterocycles. The van der Waals surface area contributed by atoms with Crippen molar-refractivity contribution in [3.63, 3.8) is 0 Å². The standard InChI is InChI=1S/C20H23ClN2O3/c1-12(2)15-7-5-6-13(3)19(15)23-18(24)11-22-17-10-14(20(25)26-4)8-9-16(17)21/h5-10,12,22H,11H2,1-4H3,(H,23,24). The van der Waals surface area contributed by atoms with E-state index in [-0.39, 0.29) is 12.5 Å². The summed E-state index contributed by atoms with van der Waals surface area (Å²) in [6, 6.07) is 10.7. The summed E-state index contributed by atoms with van der Waals surface area (Å²) in [6.07, 6.45) is 0. The molecule has 0 aliphatic carbocycles. The highest BCUT2D eigenvalue weighted by molar-refractivity contribution is 6.33. The molecule has 1 amide bonds. The van der Waals surface area contributed by atoms with Crippen LogP contribution in [0.15, 0.2) is 36.4 Å². The third kappa shape index (κ3) is 4.76. The van der Waals surface area contributed by atoms with Gasteiger partial charge in [0.25, 0.3) is 0 Å². The molecule has 0 bridgehead atoms. The van der Waals surface area contributed by atoms with Crippen molar-refractivity contribution in [3.05, 3.63) is 58.1 Å². The van der Waals surface area contributed by atoms with Gasteiger partial charge in [-0.2, -0.15) is 0 Å². The van der Waals surface area contributed by atoms with E-state index in [2.05, 4.69) is 24.5 Å². The Labute approximate surface area is 158 Å². The summed E-state index contributed by atoms with van der Waals surface area (Å²) in [7, 11) is 1.31. The number of anilines is 2. The van der Waals surface area contributed by atoms with Gasteiger partial charge < -0.3 is 15.4 Å². The van der Waals surface area contributed by atoms with E-state index in [1.165, 1.54) is 7.11 Å². The van der Waals surface area contributed by atoms with Crippen molar-refractivity contribution in [2.24, 2.45) is 0 Å². The maximum atomic E-state index is 12.4. The second-order valence-electron chi connectivity index (χ2n) is 6.28. The summed E-state index contributed by atoms with van der Waals surface area (Å²) in [5.41, 5.74) is 3.79. The lowest BCUT2D eigenvalue weighted by Crippen LogP contribution is -2.23. The summed E-state index contributed by atoms with van der Waals surface area (Å²) < 4.78 is 4.70. The number of rotatable bonds is 6. The van der Waals surface area contributed by atoms with Crippen molar-refractivity contribution in [3.8, 4) is 0 Å². The normalized spacial score (nSPS) is 10.5. The number of benzene rings is 2. The number of hydrogen-bond donors (Lipinski definition) is 2. The average molecular weight is 375 g/mol. The van der Waals surface area contributed by atoms with Crippen LogP contribution < -0.4 is 10.6 Å². The van der Waals surface area contributed by atoms with Gasteiger partial charge in [0.2, 0.25) is 5.91 Å². The summed E-state index contributed by atoms with van der Waals surface area (Å²) in [5, 5.41) is 6.35. The number of nitrogens with one attached hydrogen (secondary N) is 2. The van der Waals surface area contributed by atoms with Gasteiger partial charge in [0, 0.05) is 5.69 Å². The number of ether oxygens (including phenoxy) is 1. The second-order valence-corrected chi connectivity index (χ2v) is 6.69. The van der Waals surface area contributed by atoms with Gasteiger partial charge in [-0.15, -0.1) is 0 Å². The molecule has 0 radical (unpaired) electrons. The molecule has 2 aromatic carbocycles. The average Bonchev–Trinajstić information content (AvgIpc) is 2.61. The fourth-order valence-corrected chi connectivity index (χ4v) is 2.79. The maximum Gasteiger partial charge on any atom is 0.337 e. The summed E-state index contributed by atoms with van der Waals surface area (Å²) >= 11 is 6.13. The third-order valence-corrected chi connectivity index (χ3v) is 4.35. The first kappa shape index (κ1) is 19.8. The van der Waals surface area contributed by atoms with Crippen LogP contribution in [0.5, 0.6) is 0 Å². The summed E-state index contributed by atoms with van der Waals surface area (Å²) in [5.74, 6) is -0.360. The quantitative estimate of drug-likeness (QED) is 0.724. The number of para-hydroxylation sites is 1. The molecule has 0 aromatic heterocycles. The lowest BCUT2D eigenvalue weighted by Gasteiger charge is -2.17. The molecule has 0 unspecified atom stereocenters. The molecule has 5 nitrogen and oxygen atoms in total. The zero-order chi connectivity index (χ0) is 19.3. The minimum atomic E-state index is -0.462. The van der Waals surface area contributed by atoms with E-state index in [1.807, 2.05) is 25.1 Å². The van der Waals surface area contributed by atoms with E-state index < -0.39 is 5.97 Å². The highest BCUT2D eigenvalue weighted by atomic mass is 35.5. The molecule has 2 aromatic rings. The van der Waals surface area contributed by atoms with Crippen LogP contribution in [0.25, 0.3) is 0 Å². The van der Waals surface area contributed by atoms with Gasteiger partial charge in [-0.25, -0.2) is 4.79 Å². The van der Waals surface area contributed by atoms with Gasteiger partial charge in [0.15, 0.2) is 0 Å². The Morgan fingerprint density at radius 2 is 1.92 bits per heavy atom. The first-order valence-corrected chi connectivity index (χ1v) is 8.72.